The normalized spacial score (nSPS) is 19.6. The Kier molecular flexibility index (Phi) is 6.40. The van der Waals surface area contributed by atoms with Gasteiger partial charge in [-0.3, -0.25) is 9.69 Å². The molecule has 1 N–H and O–H groups in total. The van der Waals surface area contributed by atoms with Gasteiger partial charge in [0.05, 0.1) is 5.92 Å². The number of rotatable bonds is 6. The average molecular weight is 303 g/mol. The number of hydrogen-bond acceptors (Lipinski definition) is 3. The Bertz CT molecular complexity index is 455. The molecule has 1 amide bonds. The zero-order valence-corrected chi connectivity index (χ0v) is 14.1. The van der Waals surface area contributed by atoms with Crippen molar-refractivity contribution in [1.29, 1.82) is 0 Å². The maximum absolute atomic E-state index is 12.5. The van der Waals surface area contributed by atoms with E-state index in [0.29, 0.717) is 6.04 Å². The Hall–Kier alpha value is -1.39. The van der Waals surface area contributed by atoms with Crippen molar-refractivity contribution in [3.8, 4) is 0 Å². The van der Waals surface area contributed by atoms with Gasteiger partial charge in [-0.2, -0.15) is 0 Å². The fourth-order valence-electron chi connectivity index (χ4n) is 3.02. The molecule has 0 bridgehead atoms. The molecule has 4 heteroatoms. The van der Waals surface area contributed by atoms with Crippen LogP contribution >= 0.6 is 0 Å². The van der Waals surface area contributed by atoms with Crippen LogP contribution in [-0.2, 0) is 4.79 Å². The van der Waals surface area contributed by atoms with Crippen molar-refractivity contribution < 1.29 is 4.79 Å². The molecule has 1 aliphatic heterocycles. The zero-order chi connectivity index (χ0) is 15.9. The maximum atomic E-state index is 12.5. The summed E-state index contributed by atoms with van der Waals surface area (Å²) >= 11 is 0. The van der Waals surface area contributed by atoms with E-state index in [2.05, 4.69) is 36.0 Å². The number of amides is 1. The number of hydrogen-bond donors (Lipinski definition) is 1. The van der Waals surface area contributed by atoms with Gasteiger partial charge in [-0.1, -0.05) is 37.3 Å². The first-order chi connectivity index (χ1) is 10.6. The summed E-state index contributed by atoms with van der Waals surface area (Å²) in [5.74, 6) is 0.107. The first kappa shape index (κ1) is 17.0. The number of carbonyl (C=O) groups is 1. The average Bonchev–Trinajstić information content (AvgIpc) is 2.55. The van der Waals surface area contributed by atoms with Crippen LogP contribution in [0, 0.1) is 0 Å². The Morgan fingerprint density at radius 1 is 1.18 bits per heavy atom. The lowest BCUT2D eigenvalue weighted by atomic mass is 9.95. The van der Waals surface area contributed by atoms with Crippen molar-refractivity contribution in [3.05, 3.63) is 35.9 Å². The lowest BCUT2D eigenvalue weighted by Crippen LogP contribution is -2.51. The molecule has 0 aliphatic carbocycles. The summed E-state index contributed by atoms with van der Waals surface area (Å²) in [6, 6.07) is 10.5. The second kappa shape index (κ2) is 8.30. The highest BCUT2D eigenvalue weighted by molar-refractivity contribution is 5.83. The Labute approximate surface area is 134 Å². The molecule has 0 saturated carbocycles. The van der Waals surface area contributed by atoms with Crippen molar-refractivity contribution in [1.82, 2.24) is 15.1 Å². The van der Waals surface area contributed by atoms with Crippen LogP contribution < -0.4 is 5.32 Å². The van der Waals surface area contributed by atoms with Crippen molar-refractivity contribution in [2.75, 3.05) is 39.8 Å². The van der Waals surface area contributed by atoms with E-state index in [9.17, 15) is 4.79 Å². The zero-order valence-electron chi connectivity index (χ0n) is 14.1. The van der Waals surface area contributed by atoms with Crippen LogP contribution in [0.5, 0.6) is 0 Å². The molecule has 1 aliphatic rings. The predicted molar refractivity (Wildman–Crippen MR) is 91.0 cm³/mol. The molecule has 1 aromatic carbocycles. The summed E-state index contributed by atoms with van der Waals surface area (Å²) in [4.78, 5) is 17.3. The van der Waals surface area contributed by atoms with Crippen LogP contribution in [0.1, 0.15) is 31.7 Å². The smallest absolute Gasteiger partial charge is 0.227 e. The molecule has 2 rings (SSSR count). The number of nitrogens with one attached hydrogen (secondary N) is 1. The van der Waals surface area contributed by atoms with Gasteiger partial charge in [0.1, 0.15) is 0 Å². The van der Waals surface area contributed by atoms with E-state index in [0.717, 1.165) is 44.7 Å². The molecular weight excluding hydrogens is 274 g/mol. The van der Waals surface area contributed by atoms with E-state index < -0.39 is 0 Å². The minimum absolute atomic E-state index is 0.0408. The molecular formula is C18H29N3O. The quantitative estimate of drug-likeness (QED) is 0.872. The van der Waals surface area contributed by atoms with E-state index >= 15 is 0 Å². The fourth-order valence-corrected chi connectivity index (χ4v) is 3.02. The first-order valence-electron chi connectivity index (χ1n) is 8.37. The van der Waals surface area contributed by atoms with Gasteiger partial charge in [-0.25, -0.2) is 0 Å². The molecule has 2 atom stereocenters. The van der Waals surface area contributed by atoms with Crippen molar-refractivity contribution in [3.63, 3.8) is 0 Å². The highest BCUT2D eigenvalue weighted by atomic mass is 16.1. The fraction of sp³-hybridized carbons (Fsp3) is 0.611. The second-order valence-electron chi connectivity index (χ2n) is 6.30. The highest BCUT2D eigenvalue weighted by Gasteiger charge is 2.22. The Balaban J connectivity index is 1.83. The third-order valence-corrected chi connectivity index (χ3v) is 4.66. The van der Waals surface area contributed by atoms with Crippen molar-refractivity contribution >= 4 is 5.91 Å². The summed E-state index contributed by atoms with van der Waals surface area (Å²) in [5, 5.41) is 3.15. The molecule has 1 heterocycles. The topological polar surface area (TPSA) is 35.6 Å². The van der Waals surface area contributed by atoms with Gasteiger partial charge in [-0.05, 0) is 26.0 Å². The van der Waals surface area contributed by atoms with Gasteiger partial charge >= 0.3 is 0 Å². The SMILES string of the molecule is CC[C@@H](C(=O)NC[C@H](C)N1CCN(C)CC1)c1ccccc1. The van der Waals surface area contributed by atoms with Crippen LogP contribution in [0.15, 0.2) is 30.3 Å². The minimum Gasteiger partial charge on any atom is -0.354 e. The van der Waals surface area contributed by atoms with E-state index in [4.69, 9.17) is 0 Å². The van der Waals surface area contributed by atoms with E-state index in [1.54, 1.807) is 0 Å². The highest BCUT2D eigenvalue weighted by Crippen LogP contribution is 2.19. The number of benzene rings is 1. The summed E-state index contributed by atoms with van der Waals surface area (Å²) in [6.45, 7) is 9.40. The third-order valence-electron chi connectivity index (χ3n) is 4.66. The van der Waals surface area contributed by atoms with Gasteiger partial charge < -0.3 is 10.2 Å². The van der Waals surface area contributed by atoms with Crippen molar-refractivity contribution in [2.24, 2.45) is 0 Å². The van der Waals surface area contributed by atoms with Crippen LogP contribution in [-0.4, -0.2) is 61.5 Å². The third kappa shape index (κ3) is 4.55. The summed E-state index contributed by atoms with van der Waals surface area (Å²) in [7, 11) is 2.16. The van der Waals surface area contributed by atoms with Crippen LogP contribution in [0.4, 0.5) is 0 Å². The molecule has 0 aromatic heterocycles. The van der Waals surface area contributed by atoms with Crippen LogP contribution in [0.2, 0.25) is 0 Å². The Morgan fingerprint density at radius 3 is 2.41 bits per heavy atom. The molecule has 0 unspecified atom stereocenters. The van der Waals surface area contributed by atoms with Gasteiger partial charge in [0.15, 0.2) is 0 Å². The standard InChI is InChI=1S/C18H29N3O/c1-4-17(16-8-6-5-7-9-16)18(22)19-14-15(2)21-12-10-20(3)11-13-21/h5-9,15,17H,4,10-14H2,1-3H3,(H,19,22)/t15-,17+/m0/s1. The van der Waals surface area contributed by atoms with Gasteiger partial charge in [0.2, 0.25) is 5.91 Å². The van der Waals surface area contributed by atoms with Crippen molar-refractivity contribution in [2.45, 2.75) is 32.2 Å². The van der Waals surface area contributed by atoms with Gasteiger partial charge in [-0.15, -0.1) is 0 Å². The first-order valence-corrected chi connectivity index (χ1v) is 8.37. The summed E-state index contributed by atoms with van der Waals surface area (Å²) < 4.78 is 0. The molecule has 1 saturated heterocycles. The van der Waals surface area contributed by atoms with E-state index in [-0.39, 0.29) is 11.8 Å². The summed E-state index contributed by atoms with van der Waals surface area (Å²) in [5.41, 5.74) is 1.11. The molecule has 1 aromatic rings. The van der Waals surface area contributed by atoms with E-state index in [1.165, 1.54) is 0 Å². The van der Waals surface area contributed by atoms with E-state index in [1.807, 2.05) is 30.3 Å². The molecule has 122 valence electrons. The predicted octanol–water partition coefficient (Wildman–Crippen LogP) is 1.93. The van der Waals surface area contributed by atoms with Gasteiger partial charge in [0, 0.05) is 38.8 Å². The monoisotopic (exact) mass is 303 g/mol. The lowest BCUT2D eigenvalue weighted by Gasteiger charge is -2.36. The molecule has 4 nitrogen and oxygen atoms in total. The van der Waals surface area contributed by atoms with Crippen LogP contribution in [0.25, 0.3) is 0 Å². The number of nitrogens with zero attached hydrogens (tertiary/aromatic N) is 2. The van der Waals surface area contributed by atoms with Gasteiger partial charge in [0.25, 0.3) is 0 Å². The second-order valence-corrected chi connectivity index (χ2v) is 6.30. The van der Waals surface area contributed by atoms with Crippen LogP contribution in [0.3, 0.4) is 0 Å². The summed E-state index contributed by atoms with van der Waals surface area (Å²) in [6.07, 6.45) is 0.832. The molecule has 22 heavy (non-hydrogen) atoms. The minimum atomic E-state index is -0.0408. The Morgan fingerprint density at radius 2 is 1.82 bits per heavy atom. The molecule has 0 spiro atoms. The maximum Gasteiger partial charge on any atom is 0.227 e. The molecule has 0 radical (unpaired) electrons. The largest absolute Gasteiger partial charge is 0.354 e. The number of piperazine rings is 1. The number of carbonyl (C=O) groups excluding carboxylic acids is 1. The number of likely N-dealkylation sites (N-methyl/N-ethyl adjacent to an activating group) is 1. The molecule has 1 fully saturated rings. The lowest BCUT2D eigenvalue weighted by molar-refractivity contribution is -0.122.